The predicted octanol–water partition coefficient (Wildman–Crippen LogP) is 2.32. The molecule has 0 fully saturated rings. The molecule has 0 saturated carbocycles. The molecule has 0 aliphatic rings. The van der Waals surface area contributed by atoms with Crippen LogP contribution in [-0.2, 0) is 4.74 Å². The molecular formula is C14H27N5O2. The summed E-state index contributed by atoms with van der Waals surface area (Å²) in [6.45, 7) is 8.12. The molecule has 0 aliphatic heterocycles. The van der Waals surface area contributed by atoms with Crippen LogP contribution in [0.15, 0.2) is 0 Å². The standard InChI is InChI=1S/C14H27N5O2/c1-5-8-11(10-20-4)16-13-17-12(15-7-3)18-14(19-13)21-9-6-2/h11H,5-10H2,1-4H3,(H2,15,16,17,18,19). The summed E-state index contributed by atoms with van der Waals surface area (Å²) in [7, 11) is 1.69. The number of hydrogen-bond acceptors (Lipinski definition) is 7. The van der Waals surface area contributed by atoms with E-state index in [0.717, 1.165) is 25.8 Å². The predicted molar refractivity (Wildman–Crippen MR) is 84.0 cm³/mol. The van der Waals surface area contributed by atoms with Crippen molar-refractivity contribution in [1.29, 1.82) is 0 Å². The van der Waals surface area contributed by atoms with Gasteiger partial charge in [-0.15, -0.1) is 0 Å². The van der Waals surface area contributed by atoms with Crippen molar-refractivity contribution in [3.63, 3.8) is 0 Å². The van der Waals surface area contributed by atoms with E-state index in [1.165, 1.54) is 0 Å². The number of methoxy groups -OCH3 is 1. The van der Waals surface area contributed by atoms with Gasteiger partial charge in [0.2, 0.25) is 11.9 Å². The van der Waals surface area contributed by atoms with E-state index in [1.807, 2.05) is 13.8 Å². The monoisotopic (exact) mass is 297 g/mol. The first kappa shape index (κ1) is 17.4. The molecule has 0 aromatic carbocycles. The van der Waals surface area contributed by atoms with Gasteiger partial charge in [0.25, 0.3) is 0 Å². The molecule has 7 nitrogen and oxygen atoms in total. The number of anilines is 2. The summed E-state index contributed by atoms with van der Waals surface area (Å²) in [5, 5.41) is 6.38. The van der Waals surface area contributed by atoms with Gasteiger partial charge in [0, 0.05) is 13.7 Å². The molecule has 2 N–H and O–H groups in total. The number of hydrogen-bond donors (Lipinski definition) is 2. The number of ether oxygens (including phenoxy) is 2. The third-order valence-electron chi connectivity index (χ3n) is 2.72. The van der Waals surface area contributed by atoms with Crippen molar-refractivity contribution < 1.29 is 9.47 Å². The van der Waals surface area contributed by atoms with Crippen LogP contribution >= 0.6 is 0 Å². The number of nitrogens with zero attached hydrogens (tertiary/aromatic N) is 3. The Morgan fingerprint density at radius 3 is 2.43 bits per heavy atom. The second kappa shape index (κ2) is 10.1. The van der Waals surface area contributed by atoms with E-state index in [-0.39, 0.29) is 6.04 Å². The summed E-state index contributed by atoms with van der Waals surface area (Å²) in [5.41, 5.74) is 0. The van der Waals surface area contributed by atoms with Crippen LogP contribution in [0, 0.1) is 0 Å². The molecule has 1 aromatic rings. The molecule has 0 spiro atoms. The molecule has 0 amide bonds. The zero-order chi connectivity index (χ0) is 15.5. The molecule has 0 aliphatic carbocycles. The van der Waals surface area contributed by atoms with Crippen LogP contribution in [0.1, 0.15) is 40.0 Å². The van der Waals surface area contributed by atoms with Crippen molar-refractivity contribution in [2.24, 2.45) is 0 Å². The van der Waals surface area contributed by atoms with Crippen LogP contribution in [0.2, 0.25) is 0 Å². The lowest BCUT2D eigenvalue weighted by atomic mass is 10.2. The molecule has 1 rings (SSSR count). The Bertz CT molecular complexity index is 397. The van der Waals surface area contributed by atoms with Gasteiger partial charge in [-0.3, -0.25) is 0 Å². The molecule has 7 heteroatoms. The minimum absolute atomic E-state index is 0.177. The second-order valence-corrected chi connectivity index (χ2v) is 4.73. The van der Waals surface area contributed by atoms with Crippen molar-refractivity contribution in [2.75, 3.05) is 37.5 Å². The summed E-state index contributed by atoms with van der Waals surface area (Å²) in [6, 6.07) is 0.522. The highest BCUT2D eigenvalue weighted by molar-refractivity contribution is 5.36. The Kier molecular flexibility index (Phi) is 8.42. The first-order chi connectivity index (χ1) is 10.2. The maximum atomic E-state index is 5.51. The van der Waals surface area contributed by atoms with E-state index in [1.54, 1.807) is 7.11 Å². The fourth-order valence-electron chi connectivity index (χ4n) is 1.85. The zero-order valence-corrected chi connectivity index (χ0v) is 13.5. The van der Waals surface area contributed by atoms with Crippen LogP contribution in [0.5, 0.6) is 6.01 Å². The normalized spacial score (nSPS) is 12.0. The maximum absolute atomic E-state index is 5.51. The summed E-state index contributed by atoms with van der Waals surface area (Å²) >= 11 is 0. The van der Waals surface area contributed by atoms with Gasteiger partial charge in [0.15, 0.2) is 0 Å². The Hall–Kier alpha value is -1.63. The molecule has 0 saturated heterocycles. The number of rotatable bonds is 11. The highest BCUT2D eigenvalue weighted by atomic mass is 16.5. The van der Waals surface area contributed by atoms with Crippen molar-refractivity contribution in [1.82, 2.24) is 15.0 Å². The van der Waals surface area contributed by atoms with E-state index in [4.69, 9.17) is 9.47 Å². The molecule has 1 aromatic heterocycles. The molecule has 1 unspecified atom stereocenters. The van der Waals surface area contributed by atoms with Gasteiger partial charge in [0.05, 0.1) is 19.3 Å². The molecule has 21 heavy (non-hydrogen) atoms. The topological polar surface area (TPSA) is 81.2 Å². The number of nitrogens with one attached hydrogen (secondary N) is 2. The fourth-order valence-corrected chi connectivity index (χ4v) is 1.85. The van der Waals surface area contributed by atoms with Gasteiger partial charge in [-0.1, -0.05) is 20.3 Å². The second-order valence-electron chi connectivity index (χ2n) is 4.73. The Labute approximate surface area is 126 Å². The highest BCUT2D eigenvalue weighted by Crippen LogP contribution is 2.13. The van der Waals surface area contributed by atoms with Gasteiger partial charge in [-0.2, -0.15) is 15.0 Å². The van der Waals surface area contributed by atoms with Crippen molar-refractivity contribution >= 4 is 11.9 Å². The third-order valence-corrected chi connectivity index (χ3v) is 2.72. The van der Waals surface area contributed by atoms with Crippen LogP contribution < -0.4 is 15.4 Å². The third kappa shape index (κ3) is 6.57. The summed E-state index contributed by atoms with van der Waals surface area (Å²) < 4.78 is 10.7. The van der Waals surface area contributed by atoms with E-state index in [0.29, 0.717) is 31.1 Å². The van der Waals surface area contributed by atoms with Crippen molar-refractivity contribution in [2.45, 2.75) is 46.1 Å². The van der Waals surface area contributed by atoms with Gasteiger partial charge in [-0.05, 0) is 19.8 Å². The van der Waals surface area contributed by atoms with E-state index in [2.05, 4.69) is 32.5 Å². The lowest BCUT2D eigenvalue weighted by molar-refractivity contribution is 0.182. The largest absolute Gasteiger partial charge is 0.463 e. The first-order valence-corrected chi connectivity index (χ1v) is 7.61. The zero-order valence-electron chi connectivity index (χ0n) is 13.5. The molecule has 120 valence electrons. The lowest BCUT2D eigenvalue weighted by Crippen LogP contribution is -2.26. The molecule has 0 bridgehead atoms. The van der Waals surface area contributed by atoms with Gasteiger partial charge >= 0.3 is 6.01 Å². The van der Waals surface area contributed by atoms with Gasteiger partial charge in [0.1, 0.15) is 0 Å². The summed E-state index contributed by atoms with van der Waals surface area (Å²) in [6.07, 6.45) is 2.96. The van der Waals surface area contributed by atoms with E-state index in [9.17, 15) is 0 Å². The van der Waals surface area contributed by atoms with Crippen molar-refractivity contribution in [3.05, 3.63) is 0 Å². The molecule has 0 radical (unpaired) electrons. The minimum atomic E-state index is 0.177. The van der Waals surface area contributed by atoms with Crippen LogP contribution in [0.3, 0.4) is 0 Å². The van der Waals surface area contributed by atoms with Crippen LogP contribution in [-0.4, -0.2) is 47.9 Å². The minimum Gasteiger partial charge on any atom is -0.463 e. The Morgan fingerprint density at radius 2 is 1.81 bits per heavy atom. The fraction of sp³-hybridized carbons (Fsp3) is 0.786. The van der Waals surface area contributed by atoms with E-state index >= 15 is 0 Å². The van der Waals surface area contributed by atoms with Gasteiger partial charge < -0.3 is 20.1 Å². The summed E-state index contributed by atoms with van der Waals surface area (Å²) in [5.74, 6) is 1.04. The smallest absolute Gasteiger partial charge is 0.323 e. The lowest BCUT2D eigenvalue weighted by Gasteiger charge is -2.17. The SMILES string of the molecule is CCCOc1nc(NCC)nc(NC(CCC)COC)n1. The maximum Gasteiger partial charge on any atom is 0.323 e. The first-order valence-electron chi connectivity index (χ1n) is 7.61. The van der Waals surface area contributed by atoms with E-state index < -0.39 is 0 Å². The Morgan fingerprint density at radius 1 is 1.05 bits per heavy atom. The van der Waals surface area contributed by atoms with Crippen molar-refractivity contribution in [3.8, 4) is 6.01 Å². The summed E-state index contributed by atoms with van der Waals surface area (Å²) in [4.78, 5) is 12.9. The highest BCUT2D eigenvalue weighted by Gasteiger charge is 2.12. The van der Waals surface area contributed by atoms with Gasteiger partial charge in [-0.25, -0.2) is 0 Å². The quantitative estimate of drug-likeness (QED) is 0.648. The molecule has 1 heterocycles. The number of aromatic nitrogens is 3. The molecule has 1 atom stereocenters. The Balaban J connectivity index is 2.83. The average Bonchev–Trinajstić information content (AvgIpc) is 2.46. The average molecular weight is 297 g/mol. The molecular weight excluding hydrogens is 270 g/mol. The van der Waals surface area contributed by atoms with Crippen LogP contribution in [0.25, 0.3) is 0 Å². The van der Waals surface area contributed by atoms with Crippen LogP contribution in [0.4, 0.5) is 11.9 Å².